The standard InChI is InChI=1S/C17H20N2O4S/c1-17(2,3)23-16(21)18-14(15(20)19-22)12-6-4-11(5-7-12)13-8-9-24-10-13/h4-10,14,22H,1-3H3,(H,18,21)(H,19,20). The Kier molecular flexibility index (Phi) is 5.58. The molecule has 2 aromatic rings. The lowest BCUT2D eigenvalue weighted by atomic mass is 10.0. The summed E-state index contributed by atoms with van der Waals surface area (Å²) in [5, 5.41) is 15.4. The fraction of sp³-hybridized carbons (Fsp3) is 0.294. The lowest BCUT2D eigenvalue weighted by molar-refractivity contribution is -0.131. The molecule has 2 rings (SSSR count). The number of hydroxylamine groups is 1. The minimum Gasteiger partial charge on any atom is -0.444 e. The SMILES string of the molecule is CC(C)(C)OC(=O)NC(C(=O)NO)c1ccc(-c2ccsc2)cc1. The van der Waals surface area contributed by atoms with Crippen molar-refractivity contribution in [2.45, 2.75) is 32.4 Å². The van der Waals surface area contributed by atoms with Crippen molar-refractivity contribution in [2.24, 2.45) is 0 Å². The maximum Gasteiger partial charge on any atom is 0.408 e. The van der Waals surface area contributed by atoms with Crippen LogP contribution in [0.3, 0.4) is 0 Å². The van der Waals surface area contributed by atoms with E-state index in [0.29, 0.717) is 5.56 Å². The van der Waals surface area contributed by atoms with E-state index in [1.165, 1.54) is 0 Å². The van der Waals surface area contributed by atoms with Gasteiger partial charge in [0.15, 0.2) is 0 Å². The Morgan fingerprint density at radius 3 is 2.29 bits per heavy atom. The lowest BCUT2D eigenvalue weighted by Crippen LogP contribution is -2.41. The second-order valence-corrected chi connectivity index (χ2v) is 6.97. The van der Waals surface area contributed by atoms with Crippen LogP contribution in [0, 0.1) is 0 Å². The molecule has 1 atom stereocenters. The maximum absolute atomic E-state index is 11.9. The average molecular weight is 348 g/mol. The Morgan fingerprint density at radius 1 is 1.12 bits per heavy atom. The average Bonchev–Trinajstić information content (AvgIpc) is 3.05. The van der Waals surface area contributed by atoms with Crippen molar-refractivity contribution >= 4 is 23.3 Å². The number of hydrogen-bond acceptors (Lipinski definition) is 5. The first-order valence-electron chi connectivity index (χ1n) is 7.36. The minimum absolute atomic E-state index is 0.534. The van der Waals surface area contributed by atoms with Crippen LogP contribution < -0.4 is 10.8 Å². The minimum atomic E-state index is -1.05. The second-order valence-electron chi connectivity index (χ2n) is 6.19. The number of ether oxygens (including phenoxy) is 1. The van der Waals surface area contributed by atoms with E-state index in [9.17, 15) is 9.59 Å². The van der Waals surface area contributed by atoms with Crippen LogP contribution >= 0.6 is 11.3 Å². The molecule has 0 radical (unpaired) electrons. The number of rotatable bonds is 4. The Labute approximate surface area is 144 Å². The summed E-state index contributed by atoms with van der Waals surface area (Å²) < 4.78 is 5.16. The molecule has 0 saturated carbocycles. The van der Waals surface area contributed by atoms with E-state index in [-0.39, 0.29) is 0 Å². The molecule has 0 saturated heterocycles. The molecule has 0 spiro atoms. The van der Waals surface area contributed by atoms with Gasteiger partial charge >= 0.3 is 6.09 Å². The predicted octanol–water partition coefficient (Wildman–Crippen LogP) is 3.49. The van der Waals surface area contributed by atoms with Gasteiger partial charge in [0.2, 0.25) is 0 Å². The highest BCUT2D eigenvalue weighted by atomic mass is 32.1. The zero-order valence-corrected chi connectivity index (χ0v) is 14.5. The summed E-state index contributed by atoms with van der Waals surface area (Å²) in [6.07, 6.45) is -0.738. The van der Waals surface area contributed by atoms with Gasteiger partial charge in [0.25, 0.3) is 5.91 Å². The van der Waals surface area contributed by atoms with E-state index >= 15 is 0 Å². The van der Waals surface area contributed by atoms with Crippen LogP contribution in [0.2, 0.25) is 0 Å². The summed E-state index contributed by atoms with van der Waals surface area (Å²) in [5.41, 5.74) is 3.49. The molecule has 0 bridgehead atoms. The Balaban J connectivity index is 2.18. The Hall–Kier alpha value is -2.38. The first kappa shape index (κ1) is 18.0. The van der Waals surface area contributed by atoms with Gasteiger partial charge < -0.3 is 10.1 Å². The van der Waals surface area contributed by atoms with Crippen LogP contribution in [0.4, 0.5) is 4.79 Å². The molecule has 2 amide bonds. The number of nitrogens with one attached hydrogen (secondary N) is 2. The largest absolute Gasteiger partial charge is 0.444 e. The van der Waals surface area contributed by atoms with Gasteiger partial charge in [-0.3, -0.25) is 10.0 Å². The van der Waals surface area contributed by atoms with E-state index in [1.807, 2.05) is 29.0 Å². The number of thiophene rings is 1. The fourth-order valence-electron chi connectivity index (χ4n) is 2.09. The summed E-state index contributed by atoms with van der Waals surface area (Å²) in [4.78, 5) is 23.8. The van der Waals surface area contributed by atoms with E-state index in [1.54, 1.807) is 49.7 Å². The van der Waals surface area contributed by atoms with Crippen LogP contribution in [0.15, 0.2) is 41.1 Å². The number of hydrogen-bond donors (Lipinski definition) is 3. The highest BCUT2D eigenvalue weighted by Gasteiger charge is 2.25. The van der Waals surface area contributed by atoms with Gasteiger partial charge in [-0.25, -0.2) is 10.3 Å². The molecule has 1 aromatic heterocycles. The normalized spacial score (nSPS) is 12.3. The first-order valence-corrected chi connectivity index (χ1v) is 8.30. The van der Waals surface area contributed by atoms with Crippen molar-refractivity contribution in [2.75, 3.05) is 0 Å². The third kappa shape index (κ3) is 4.81. The summed E-state index contributed by atoms with van der Waals surface area (Å²) in [5.74, 6) is -0.746. The molecular weight excluding hydrogens is 328 g/mol. The van der Waals surface area contributed by atoms with Crippen molar-refractivity contribution in [1.82, 2.24) is 10.8 Å². The van der Waals surface area contributed by atoms with E-state index in [2.05, 4.69) is 5.32 Å². The molecule has 0 aliphatic rings. The van der Waals surface area contributed by atoms with Gasteiger partial charge in [0.05, 0.1) is 0 Å². The van der Waals surface area contributed by atoms with Crippen LogP contribution in [-0.4, -0.2) is 22.8 Å². The lowest BCUT2D eigenvalue weighted by Gasteiger charge is -2.23. The number of alkyl carbamates (subject to hydrolysis) is 1. The topological polar surface area (TPSA) is 87.7 Å². The number of benzene rings is 1. The van der Waals surface area contributed by atoms with Gasteiger partial charge in [-0.2, -0.15) is 11.3 Å². The van der Waals surface area contributed by atoms with Crippen molar-refractivity contribution < 1.29 is 19.5 Å². The number of amides is 2. The third-order valence-electron chi connectivity index (χ3n) is 3.13. The molecule has 3 N–H and O–H groups in total. The molecule has 7 heteroatoms. The van der Waals surface area contributed by atoms with Gasteiger partial charge in [0.1, 0.15) is 11.6 Å². The Bertz CT molecular complexity index is 690. The highest BCUT2D eigenvalue weighted by Crippen LogP contribution is 2.24. The predicted molar refractivity (Wildman–Crippen MR) is 91.8 cm³/mol. The van der Waals surface area contributed by atoms with Gasteiger partial charge in [0, 0.05) is 0 Å². The Morgan fingerprint density at radius 2 is 1.79 bits per heavy atom. The third-order valence-corrected chi connectivity index (χ3v) is 3.82. The molecule has 1 aromatic carbocycles. The molecule has 1 unspecified atom stereocenters. The van der Waals surface area contributed by atoms with E-state index in [4.69, 9.17) is 9.94 Å². The molecule has 0 aliphatic heterocycles. The zero-order valence-electron chi connectivity index (χ0n) is 13.7. The van der Waals surface area contributed by atoms with E-state index in [0.717, 1.165) is 11.1 Å². The summed E-state index contributed by atoms with van der Waals surface area (Å²) in [6, 6.07) is 8.10. The van der Waals surface area contributed by atoms with E-state index < -0.39 is 23.6 Å². The summed E-state index contributed by atoms with van der Waals surface area (Å²) >= 11 is 1.60. The smallest absolute Gasteiger partial charge is 0.408 e. The van der Waals surface area contributed by atoms with Crippen LogP contribution in [-0.2, 0) is 9.53 Å². The monoisotopic (exact) mass is 348 g/mol. The van der Waals surface area contributed by atoms with Gasteiger partial charge in [-0.05, 0) is 54.3 Å². The van der Waals surface area contributed by atoms with Crippen LogP contribution in [0.25, 0.3) is 11.1 Å². The quantitative estimate of drug-likeness (QED) is 0.583. The number of carbonyl (C=O) groups excluding carboxylic acids is 2. The van der Waals surface area contributed by atoms with Crippen molar-refractivity contribution in [3.05, 3.63) is 46.7 Å². The first-order chi connectivity index (χ1) is 11.3. The summed E-state index contributed by atoms with van der Waals surface area (Å²) in [7, 11) is 0. The fourth-order valence-corrected chi connectivity index (χ4v) is 2.75. The second kappa shape index (κ2) is 7.46. The van der Waals surface area contributed by atoms with Crippen LogP contribution in [0.1, 0.15) is 32.4 Å². The van der Waals surface area contributed by atoms with Crippen molar-refractivity contribution in [3.63, 3.8) is 0 Å². The highest BCUT2D eigenvalue weighted by molar-refractivity contribution is 7.08. The molecule has 0 aliphatic carbocycles. The molecule has 24 heavy (non-hydrogen) atoms. The maximum atomic E-state index is 11.9. The van der Waals surface area contributed by atoms with Gasteiger partial charge in [-0.15, -0.1) is 0 Å². The molecule has 6 nitrogen and oxygen atoms in total. The van der Waals surface area contributed by atoms with Crippen molar-refractivity contribution in [1.29, 1.82) is 0 Å². The molecule has 0 fully saturated rings. The van der Waals surface area contributed by atoms with Crippen LogP contribution in [0.5, 0.6) is 0 Å². The summed E-state index contributed by atoms with van der Waals surface area (Å²) in [6.45, 7) is 5.18. The molecular formula is C17H20N2O4S. The number of carbonyl (C=O) groups is 2. The molecule has 128 valence electrons. The zero-order chi connectivity index (χ0) is 17.7. The van der Waals surface area contributed by atoms with Gasteiger partial charge in [-0.1, -0.05) is 24.3 Å². The van der Waals surface area contributed by atoms with Crippen molar-refractivity contribution in [3.8, 4) is 11.1 Å². The molecule has 1 heterocycles.